The van der Waals surface area contributed by atoms with Crippen LogP contribution in [0, 0.1) is 0 Å². The number of likely N-dealkylation sites (N-methyl/N-ethyl adjacent to an activating group) is 1. The Morgan fingerprint density at radius 2 is 2.00 bits per heavy atom. The van der Waals surface area contributed by atoms with Crippen LogP contribution in [0.25, 0.3) is 0 Å². The minimum atomic E-state index is -0.00566. The van der Waals surface area contributed by atoms with Crippen LogP contribution in [0.1, 0.15) is 45.4 Å². The lowest BCUT2D eigenvalue weighted by atomic mass is 9.96. The Bertz CT molecular complexity index is 247. The van der Waals surface area contributed by atoms with E-state index < -0.39 is 0 Å². The molecule has 0 aromatic heterocycles. The average molecular weight is 241 g/mol. The van der Waals surface area contributed by atoms with Crippen LogP contribution >= 0.6 is 0 Å². The number of nitrogens with two attached hydrogens (primary N) is 1. The van der Waals surface area contributed by atoms with Gasteiger partial charge in [0.05, 0.1) is 0 Å². The number of carbonyl (C=O) groups is 1. The maximum absolute atomic E-state index is 11.7. The number of carbonyl (C=O) groups excluding carboxylic acids is 1. The van der Waals surface area contributed by atoms with E-state index in [1.165, 1.54) is 25.7 Å². The first-order valence-electron chi connectivity index (χ1n) is 6.70. The molecule has 0 aliphatic heterocycles. The molecule has 1 unspecified atom stereocenters. The van der Waals surface area contributed by atoms with Gasteiger partial charge in [-0.25, -0.2) is 0 Å². The van der Waals surface area contributed by atoms with Gasteiger partial charge in [-0.05, 0) is 33.4 Å². The van der Waals surface area contributed by atoms with Gasteiger partial charge < -0.3 is 16.0 Å². The number of amides is 1. The molecule has 1 fully saturated rings. The lowest BCUT2D eigenvalue weighted by molar-refractivity contribution is -0.122. The minimum Gasteiger partial charge on any atom is -0.354 e. The number of rotatable bonds is 6. The second-order valence-electron chi connectivity index (χ2n) is 5.48. The predicted molar refractivity (Wildman–Crippen MR) is 70.8 cm³/mol. The van der Waals surface area contributed by atoms with Crippen molar-refractivity contribution in [1.29, 1.82) is 0 Å². The van der Waals surface area contributed by atoms with E-state index in [1.807, 2.05) is 6.92 Å². The van der Waals surface area contributed by atoms with Crippen molar-refractivity contribution >= 4 is 5.91 Å². The summed E-state index contributed by atoms with van der Waals surface area (Å²) in [5.74, 6) is 0.0903. The molecule has 0 saturated heterocycles. The molecule has 0 spiro atoms. The summed E-state index contributed by atoms with van der Waals surface area (Å²) in [6, 6.07) is -0.00566. The lowest BCUT2D eigenvalue weighted by Crippen LogP contribution is -2.51. The first kappa shape index (κ1) is 14.5. The molecular weight excluding hydrogens is 214 g/mol. The summed E-state index contributed by atoms with van der Waals surface area (Å²) in [6.45, 7) is 2.77. The van der Waals surface area contributed by atoms with Gasteiger partial charge in [-0.1, -0.05) is 19.8 Å². The summed E-state index contributed by atoms with van der Waals surface area (Å²) >= 11 is 0. The molecule has 3 N–H and O–H groups in total. The molecule has 4 heteroatoms. The smallest absolute Gasteiger partial charge is 0.221 e. The summed E-state index contributed by atoms with van der Waals surface area (Å²) in [5, 5.41) is 3.05. The first-order valence-corrected chi connectivity index (χ1v) is 6.70. The Morgan fingerprint density at radius 3 is 2.47 bits per heavy atom. The summed E-state index contributed by atoms with van der Waals surface area (Å²) in [4.78, 5) is 14.0. The van der Waals surface area contributed by atoms with E-state index >= 15 is 0 Å². The van der Waals surface area contributed by atoms with E-state index in [1.54, 1.807) is 0 Å². The molecule has 0 bridgehead atoms. The van der Waals surface area contributed by atoms with Crippen LogP contribution in [0.4, 0.5) is 0 Å². The Kier molecular flexibility index (Phi) is 5.40. The largest absolute Gasteiger partial charge is 0.354 e. The topological polar surface area (TPSA) is 58.4 Å². The molecular formula is C13H27N3O. The molecule has 17 heavy (non-hydrogen) atoms. The maximum atomic E-state index is 11.7. The van der Waals surface area contributed by atoms with Crippen LogP contribution in [0.15, 0.2) is 0 Å². The molecule has 0 radical (unpaired) electrons. The van der Waals surface area contributed by atoms with Crippen molar-refractivity contribution in [3.05, 3.63) is 0 Å². The van der Waals surface area contributed by atoms with E-state index in [2.05, 4.69) is 24.3 Å². The number of nitrogens with zero attached hydrogens (tertiary/aromatic N) is 1. The van der Waals surface area contributed by atoms with E-state index in [0.717, 1.165) is 13.0 Å². The summed E-state index contributed by atoms with van der Waals surface area (Å²) < 4.78 is 0. The average Bonchev–Trinajstić information content (AvgIpc) is 2.76. The van der Waals surface area contributed by atoms with Gasteiger partial charge in [0.1, 0.15) is 0 Å². The lowest BCUT2D eigenvalue weighted by Gasteiger charge is -2.36. The molecule has 0 heterocycles. The van der Waals surface area contributed by atoms with Crippen LogP contribution in [0.3, 0.4) is 0 Å². The van der Waals surface area contributed by atoms with Crippen LogP contribution in [0.5, 0.6) is 0 Å². The zero-order valence-electron chi connectivity index (χ0n) is 11.5. The third-order valence-electron chi connectivity index (χ3n) is 4.07. The third kappa shape index (κ3) is 3.96. The predicted octanol–water partition coefficient (Wildman–Crippen LogP) is 1.10. The second kappa shape index (κ2) is 6.36. The van der Waals surface area contributed by atoms with Crippen molar-refractivity contribution in [2.45, 2.75) is 57.0 Å². The van der Waals surface area contributed by atoms with Crippen LogP contribution in [-0.4, -0.2) is 43.0 Å². The molecule has 0 aromatic rings. The van der Waals surface area contributed by atoms with Gasteiger partial charge in [-0.15, -0.1) is 0 Å². The summed E-state index contributed by atoms with van der Waals surface area (Å²) in [7, 11) is 4.21. The zero-order valence-corrected chi connectivity index (χ0v) is 11.5. The minimum absolute atomic E-state index is 0.00566. The van der Waals surface area contributed by atoms with Crippen molar-refractivity contribution < 1.29 is 4.79 Å². The van der Waals surface area contributed by atoms with Gasteiger partial charge in [-0.3, -0.25) is 4.79 Å². The van der Waals surface area contributed by atoms with Crippen molar-refractivity contribution in [2.75, 3.05) is 20.6 Å². The second-order valence-corrected chi connectivity index (χ2v) is 5.48. The fourth-order valence-corrected chi connectivity index (χ4v) is 2.53. The van der Waals surface area contributed by atoms with E-state index in [0.29, 0.717) is 6.42 Å². The third-order valence-corrected chi connectivity index (χ3v) is 4.07. The van der Waals surface area contributed by atoms with E-state index in [9.17, 15) is 4.79 Å². The van der Waals surface area contributed by atoms with Gasteiger partial charge in [0.25, 0.3) is 0 Å². The molecule has 1 rings (SSSR count). The van der Waals surface area contributed by atoms with E-state index in [-0.39, 0.29) is 17.5 Å². The fraction of sp³-hybridized carbons (Fsp3) is 0.923. The molecule has 1 saturated carbocycles. The molecule has 100 valence electrons. The summed E-state index contributed by atoms with van der Waals surface area (Å²) in [6.07, 6.45) is 6.19. The normalized spacial score (nSPS) is 20.5. The molecule has 1 amide bonds. The fourth-order valence-electron chi connectivity index (χ4n) is 2.53. The van der Waals surface area contributed by atoms with Crippen molar-refractivity contribution in [2.24, 2.45) is 5.73 Å². The maximum Gasteiger partial charge on any atom is 0.221 e. The Labute approximate surface area is 105 Å². The molecule has 4 nitrogen and oxygen atoms in total. The highest BCUT2D eigenvalue weighted by Gasteiger charge is 2.36. The standard InChI is InChI=1S/C13H27N3O/c1-4-11(14)9-12(17)15-10-13(16(2)3)7-5-6-8-13/h11H,4-10,14H2,1-3H3,(H,15,17). The first-order chi connectivity index (χ1) is 8.00. The molecule has 0 aromatic carbocycles. The number of hydrogen-bond donors (Lipinski definition) is 2. The molecule has 1 aliphatic rings. The Hall–Kier alpha value is -0.610. The Morgan fingerprint density at radius 1 is 1.41 bits per heavy atom. The number of nitrogens with one attached hydrogen (secondary N) is 1. The van der Waals surface area contributed by atoms with Crippen molar-refractivity contribution in [3.8, 4) is 0 Å². The highest BCUT2D eigenvalue weighted by Crippen LogP contribution is 2.33. The van der Waals surface area contributed by atoms with Crippen LogP contribution in [0.2, 0.25) is 0 Å². The van der Waals surface area contributed by atoms with Gasteiger partial charge >= 0.3 is 0 Å². The molecule has 1 atom stereocenters. The summed E-state index contributed by atoms with van der Waals surface area (Å²) in [5.41, 5.74) is 5.95. The van der Waals surface area contributed by atoms with Gasteiger partial charge in [-0.2, -0.15) is 0 Å². The Balaban J connectivity index is 2.40. The van der Waals surface area contributed by atoms with Crippen LogP contribution in [-0.2, 0) is 4.79 Å². The van der Waals surface area contributed by atoms with Crippen molar-refractivity contribution in [1.82, 2.24) is 10.2 Å². The zero-order chi connectivity index (χ0) is 12.9. The van der Waals surface area contributed by atoms with Gasteiger partial charge in [0, 0.05) is 24.5 Å². The highest BCUT2D eigenvalue weighted by atomic mass is 16.1. The highest BCUT2D eigenvalue weighted by molar-refractivity contribution is 5.76. The van der Waals surface area contributed by atoms with Gasteiger partial charge in [0.15, 0.2) is 0 Å². The number of hydrogen-bond acceptors (Lipinski definition) is 3. The van der Waals surface area contributed by atoms with E-state index in [4.69, 9.17) is 5.73 Å². The quantitative estimate of drug-likeness (QED) is 0.732. The monoisotopic (exact) mass is 241 g/mol. The molecule has 1 aliphatic carbocycles. The van der Waals surface area contributed by atoms with Crippen molar-refractivity contribution in [3.63, 3.8) is 0 Å². The van der Waals surface area contributed by atoms with Gasteiger partial charge in [0.2, 0.25) is 5.91 Å². The SMILES string of the molecule is CCC(N)CC(=O)NCC1(N(C)C)CCCC1. The van der Waals surface area contributed by atoms with Crippen LogP contribution < -0.4 is 11.1 Å².